The van der Waals surface area contributed by atoms with Gasteiger partial charge in [0.05, 0.1) is 0 Å². The molecule has 100 valence electrons. The average molecular weight is 277 g/mol. The third-order valence-electron chi connectivity index (χ3n) is 2.78. The third-order valence-corrected chi connectivity index (χ3v) is 2.78. The first kappa shape index (κ1) is 12.4. The molecule has 0 atom stereocenters. The molecule has 1 heterocycles. The van der Waals surface area contributed by atoms with Crippen molar-refractivity contribution >= 4 is 11.0 Å². The van der Waals surface area contributed by atoms with Gasteiger partial charge in [0.15, 0.2) is 0 Å². The van der Waals surface area contributed by atoms with Gasteiger partial charge in [-0.3, -0.25) is 4.79 Å². The molecule has 0 saturated carbocycles. The molecule has 20 heavy (non-hydrogen) atoms. The number of nitrogens with zero attached hydrogens (tertiary/aromatic N) is 1. The Hall–Kier alpha value is -2.63. The standard InChI is InChI=1S/C14H6F3NO2/c15-7-3-1-4-8(16)11(7)14-18-13(19)12-9(17)5-2-6-10(12)20-14/h1-6H. The number of fused-ring (bicyclic) bond motifs is 1. The predicted molar refractivity (Wildman–Crippen MR) is 65.6 cm³/mol. The molecule has 0 N–H and O–H groups in total. The Morgan fingerprint density at radius 2 is 1.50 bits per heavy atom. The summed E-state index contributed by atoms with van der Waals surface area (Å²) < 4.78 is 45.9. The maximum absolute atomic E-state index is 13.6. The van der Waals surface area contributed by atoms with E-state index in [9.17, 15) is 18.0 Å². The molecule has 0 bridgehead atoms. The number of aromatic nitrogens is 1. The van der Waals surface area contributed by atoms with Gasteiger partial charge in [0.2, 0.25) is 5.89 Å². The molecule has 0 radical (unpaired) electrons. The molecule has 3 nitrogen and oxygen atoms in total. The first-order chi connectivity index (χ1) is 9.58. The van der Waals surface area contributed by atoms with Gasteiger partial charge in [-0.25, -0.2) is 13.2 Å². The average Bonchev–Trinajstić information content (AvgIpc) is 2.38. The largest absolute Gasteiger partial charge is 0.437 e. The Labute approximate surface area is 110 Å². The molecule has 3 rings (SSSR count). The van der Waals surface area contributed by atoms with Crippen LogP contribution in [0.1, 0.15) is 0 Å². The third kappa shape index (κ3) is 1.85. The molecule has 0 aliphatic rings. The molecule has 0 saturated heterocycles. The minimum absolute atomic E-state index is 0.123. The second-order valence-electron chi connectivity index (χ2n) is 4.03. The fourth-order valence-electron chi connectivity index (χ4n) is 1.88. The van der Waals surface area contributed by atoms with Gasteiger partial charge in [0.1, 0.15) is 34.0 Å². The van der Waals surface area contributed by atoms with Gasteiger partial charge < -0.3 is 4.42 Å². The summed E-state index contributed by atoms with van der Waals surface area (Å²) in [6.07, 6.45) is 0. The maximum atomic E-state index is 13.6. The molecule has 0 unspecified atom stereocenters. The predicted octanol–water partition coefficient (Wildman–Crippen LogP) is 3.27. The van der Waals surface area contributed by atoms with Crippen molar-refractivity contribution in [2.45, 2.75) is 0 Å². The zero-order chi connectivity index (χ0) is 14.3. The van der Waals surface area contributed by atoms with E-state index in [2.05, 4.69) is 4.98 Å². The fourth-order valence-corrected chi connectivity index (χ4v) is 1.88. The Bertz CT molecular complexity index is 854. The molecule has 0 spiro atoms. The van der Waals surface area contributed by atoms with E-state index in [1.807, 2.05) is 0 Å². The van der Waals surface area contributed by atoms with Gasteiger partial charge in [-0.2, -0.15) is 4.98 Å². The van der Waals surface area contributed by atoms with Crippen LogP contribution in [0, 0.1) is 17.5 Å². The monoisotopic (exact) mass is 277 g/mol. The summed E-state index contributed by atoms with van der Waals surface area (Å²) >= 11 is 0. The number of rotatable bonds is 1. The summed E-state index contributed by atoms with van der Waals surface area (Å²) in [5.74, 6) is -3.17. The van der Waals surface area contributed by atoms with Crippen molar-refractivity contribution in [3.05, 3.63) is 64.2 Å². The SMILES string of the molecule is O=c1nc(-c2c(F)cccc2F)oc2cccc(F)c12. The second-order valence-corrected chi connectivity index (χ2v) is 4.03. The Morgan fingerprint density at radius 1 is 0.900 bits per heavy atom. The molecule has 2 aromatic carbocycles. The zero-order valence-electron chi connectivity index (χ0n) is 9.86. The lowest BCUT2D eigenvalue weighted by atomic mass is 10.2. The van der Waals surface area contributed by atoms with Crippen LogP contribution in [0.5, 0.6) is 0 Å². The second kappa shape index (κ2) is 4.48. The first-order valence-electron chi connectivity index (χ1n) is 5.61. The number of halogens is 3. The Morgan fingerprint density at radius 3 is 2.20 bits per heavy atom. The van der Waals surface area contributed by atoms with Crippen molar-refractivity contribution in [3.63, 3.8) is 0 Å². The van der Waals surface area contributed by atoms with Crippen LogP contribution in [0.3, 0.4) is 0 Å². The number of hydrogen-bond acceptors (Lipinski definition) is 3. The molecule has 0 aliphatic carbocycles. The minimum Gasteiger partial charge on any atom is -0.437 e. The summed E-state index contributed by atoms with van der Waals surface area (Å²) in [4.78, 5) is 15.2. The topological polar surface area (TPSA) is 43.1 Å². The van der Waals surface area contributed by atoms with Crippen molar-refractivity contribution in [2.75, 3.05) is 0 Å². The van der Waals surface area contributed by atoms with Crippen LogP contribution in [0.4, 0.5) is 13.2 Å². The van der Waals surface area contributed by atoms with Crippen LogP contribution in [-0.4, -0.2) is 4.98 Å². The summed E-state index contributed by atoms with van der Waals surface area (Å²) in [7, 11) is 0. The minimum atomic E-state index is -0.943. The van der Waals surface area contributed by atoms with E-state index in [4.69, 9.17) is 4.42 Å². The quantitative estimate of drug-likeness (QED) is 0.685. The Kier molecular flexibility index (Phi) is 2.78. The van der Waals surface area contributed by atoms with Crippen molar-refractivity contribution in [1.82, 2.24) is 4.98 Å². The van der Waals surface area contributed by atoms with E-state index in [0.717, 1.165) is 18.2 Å². The highest BCUT2D eigenvalue weighted by Crippen LogP contribution is 2.26. The molecular formula is C14H6F3NO2. The van der Waals surface area contributed by atoms with E-state index in [-0.39, 0.29) is 11.0 Å². The van der Waals surface area contributed by atoms with Gasteiger partial charge in [0, 0.05) is 0 Å². The van der Waals surface area contributed by atoms with E-state index in [1.165, 1.54) is 18.2 Å². The van der Waals surface area contributed by atoms with E-state index < -0.39 is 34.5 Å². The molecule has 0 fully saturated rings. The highest BCUT2D eigenvalue weighted by Gasteiger charge is 2.18. The van der Waals surface area contributed by atoms with Crippen molar-refractivity contribution < 1.29 is 17.6 Å². The van der Waals surface area contributed by atoms with Gasteiger partial charge in [-0.05, 0) is 24.3 Å². The van der Waals surface area contributed by atoms with Crippen LogP contribution in [0.25, 0.3) is 22.4 Å². The lowest BCUT2D eigenvalue weighted by Gasteiger charge is -2.04. The highest BCUT2D eigenvalue weighted by atomic mass is 19.1. The smallest absolute Gasteiger partial charge is 0.287 e. The number of hydrogen-bond donors (Lipinski definition) is 0. The van der Waals surface area contributed by atoms with Gasteiger partial charge >= 0.3 is 0 Å². The van der Waals surface area contributed by atoms with E-state index in [0.29, 0.717) is 0 Å². The molecule has 3 aromatic rings. The van der Waals surface area contributed by atoms with Crippen LogP contribution < -0.4 is 5.56 Å². The normalized spacial score (nSPS) is 10.9. The molecule has 0 aliphatic heterocycles. The van der Waals surface area contributed by atoms with Gasteiger partial charge in [0.25, 0.3) is 5.56 Å². The lowest BCUT2D eigenvalue weighted by Crippen LogP contribution is -2.10. The van der Waals surface area contributed by atoms with Gasteiger partial charge in [-0.15, -0.1) is 0 Å². The molecule has 6 heteroatoms. The molecule has 1 aromatic heterocycles. The van der Waals surface area contributed by atoms with E-state index in [1.54, 1.807) is 0 Å². The fraction of sp³-hybridized carbons (Fsp3) is 0. The van der Waals surface area contributed by atoms with Crippen LogP contribution in [0.15, 0.2) is 45.6 Å². The summed E-state index contributed by atoms with van der Waals surface area (Å²) in [6.45, 7) is 0. The molecule has 0 amide bonds. The van der Waals surface area contributed by atoms with Crippen LogP contribution >= 0.6 is 0 Å². The summed E-state index contributed by atoms with van der Waals surface area (Å²) in [5.41, 5.74) is -1.62. The van der Waals surface area contributed by atoms with Crippen LogP contribution in [0.2, 0.25) is 0 Å². The summed E-state index contributed by atoms with van der Waals surface area (Å²) in [5, 5.41) is -0.354. The van der Waals surface area contributed by atoms with Crippen molar-refractivity contribution in [2.24, 2.45) is 0 Å². The Balaban J connectivity index is 2.37. The van der Waals surface area contributed by atoms with Crippen molar-refractivity contribution in [1.29, 1.82) is 0 Å². The first-order valence-corrected chi connectivity index (χ1v) is 5.61. The van der Waals surface area contributed by atoms with Gasteiger partial charge in [-0.1, -0.05) is 12.1 Å². The molecular weight excluding hydrogens is 271 g/mol. The van der Waals surface area contributed by atoms with Crippen molar-refractivity contribution in [3.8, 4) is 11.5 Å². The maximum Gasteiger partial charge on any atom is 0.287 e. The van der Waals surface area contributed by atoms with Crippen LogP contribution in [-0.2, 0) is 0 Å². The number of benzene rings is 2. The highest BCUT2D eigenvalue weighted by molar-refractivity contribution is 5.77. The van der Waals surface area contributed by atoms with E-state index >= 15 is 0 Å². The lowest BCUT2D eigenvalue weighted by molar-refractivity contribution is 0.547. The summed E-state index contributed by atoms with van der Waals surface area (Å²) in [6, 6.07) is 6.91. The zero-order valence-corrected chi connectivity index (χ0v) is 9.86.